The van der Waals surface area contributed by atoms with Crippen molar-refractivity contribution in [2.45, 2.75) is 6.42 Å². The normalized spacial score (nSPS) is 26.0. The second-order valence-electron chi connectivity index (χ2n) is 4.17. The van der Waals surface area contributed by atoms with Crippen LogP contribution in [0.25, 0.3) is 0 Å². The van der Waals surface area contributed by atoms with Crippen LogP contribution in [0, 0.1) is 11.8 Å². The minimum atomic E-state index is -1.09. The average molecular weight is 232 g/mol. The van der Waals surface area contributed by atoms with Crippen molar-refractivity contribution in [1.82, 2.24) is 4.98 Å². The van der Waals surface area contributed by atoms with E-state index in [1.807, 2.05) is 0 Å². The van der Waals surface area contributed by atoms with E-state index in [-0.39, 0.29) is 35.0 Å². The van der Waals surface area contributed by atoms with Crippen LogP contribution in [0.2, 0.25) is 0 Å². The van der Waals surface area contributed by atoms with E-state index in [1.54, 1.807) is 0 Å². The summed E-state index contributed by atoms with van der Waals surface area (Å²) < 4.78 is 0. The largest absolute Gasteiger partial charge is 0.478 e. The van der Waals surface area contributed by atoms with Gasteiger partial charge in [0.05, 0.1) is 17.4 Å². The number of anilines is 1. The van der Waals surface area contributed by atoms with Gasteiger partial charge in [-0.1, -0.05) is 0 Å². The van der Waals surface area contributed by atoms with Crippen molar-refractivity contribution in [1.29, 1.82) is 0 Å². The molecule has 1 N–H and O–H groups in total. The summed E-state index contributed by atoms with van der Waals surface area (Å²) in [6, 6.07) is 2.71. The molecular weight excluding hydrogens is 224 g/mol. The molecule has 2 heterocycles. The van der Waals surface area contributed by atoms with E-state index in [0.29, 0.717) is 6.42 Å². The van der Waals surface area contributed by atoms with E-state index in [2.05, 4.69) is 4.98 Å². The number of hydrogen-bond acceptors (Lipinski definition) is 4. The molecule has 1 aliphatic carbocycles. The zero-order valence-corrected chi connectivity index (χ0v) is 8.66. The zero-order valence-electron chi connectivity index (χ0n) is 8.66. The molecule has 17 heavy (non-hydrogen) atoms. The molecule has 1 aromatic heterocycles. The number of rotatable bonds is 2. The van der Waals surface area contributed by atoms with Crippen molar-refractivity contribution >= 4 is 23.6 Å². The number of pyridine rings is 1. The summed E-state index contributed by atoms with van der Waals surface area (Å²) in [6.07, 6.45) is 1.78. The molecule has 86 valence electrons. The van der Waals surface area contributed by atoms with E-state index < -0.39 is 5.97 Å². The quantitative estimate of drug-likeness (QED) is 0.740. The third-order valence-corrected chi connectivity index (χ3v) is 3.09. The molecule has 1 saturated carbocycles. The van der Waals surface area contributed by atoms with Crippen LogP contribution in [0.3, 0.4) is 0 Å². The van der Waals surface area contributed by atoms with Crippen molar-refractivity contribution in [3.63, 3.8) is 0 Å². The lowest BCUT2D eigenvalue weighted by Gasteiger charge is -2.14. The first-order chi connectivity index (χ1) is 8.09. The number of carbonyl (C=O) groups is 3. The molecule has 6 nitrogen and oxygen atoms in total. The van der Waals surface area contributed by atoms with Gasteiger partial charge in [-0.05, 0) is 18.6 Å². The standard InChI is InChI=1S/C11H8N2O4/c14-9-6-3-7(6)10(15)13(9)8-2-1-5(4-12-8)11(16)17/h1-2,4,6-7H,3H2,(H,16,17). The summed E-state index contributed by atoms with van der Waals surface area (Å²) in [6.45, 7) is 0. The molecule has 1 aromatic rings. The van der Waals surface area contributed by atoms with Gasteiger partial charge in [0, 0.05) is 6.20 Å². The second kappa shape index (κ2) is 3.13. The highest BCUT2D eigenvalue weighted by Gasteiger charge is 2.59. The van der Waals surface area contributed by atoms with Gasteiger partial charge in [0.15, 0.2) is 0 Å². The van der Waals surface area contributed by atoms with Crippen LogP contribution in [0.5, 0.6) is 0 Å². The van der Waals surface area contributed by atoms with Gasteiger partial charge in [-0.3, -0.25) is 9.59 Å². The predicted molar refractivity (Wildman–Crippen MR) is 55.3 cm³/mol. The maximum atomic E-state index is 11.7. The van der Waals surface area contributed by atoms with Gasteiger partial charge >= 0.3 is 5.97 Å². The molecule has 0 bridgehead atoms. The summed E-state index contributed by atoms with van der Waals surface area (Å²) in [7, 11) is 0. The van der Waals surface area contributed by atoms with Crippen LogP contribution < -0.4 is 4.90 Å². The summed E-state index contributed by atoms with van der Waals surface area (Å²) >= 11 is 0. The van der Waals surface area contributed by atoms with Crippen molar-refractivity contribution in [3.8, 4) is 0 Å². The first kappa shape index (κ1) is 9.95. The molecule has 6 heteroatoms. The van der Waals surface area contributed by atoms with Gasteiger partial charge in [0.25, 0.3) is 0 Å². The van der Waals surface area contributed by atoms with Crippen LogP contribution in [0.1, 0.15) is 16.8 Å². The van der Waals surface area contributed by atoms with Crippen LogP contribution >= 0.6 is 0 Å². The number of imide groups is 1. The van der Waals surface area contributed by atoms with Gasteiger partial charge in [-0.2, -0.15) is 0 Å². The second-order valence-corrected chi connectivity index (χ2v) is 4.17. The first-order valence-electron chi connectivity index (χ1n) is 5.17. The third kappa shape index (κ3) is 1.33. The van der Waals surface area contributed by atoms with E-state index in [1.165, 1.54) is 12.1 Å². The summed E-state index contributed by atoms with van der Waals surface area (Å²) in [5, 5.41) is 8.71. The van der Waals surface area contributed by atoms with Gasteiger partial charge in [-0.15, -0.1) is 0 Å². The van der Waals surface area contributed by atoms with Gasteiger partial charge in [0.1, 0.15) is 5.82 Å². The summed E-state index contributed by atoms with van der Waals surface area (Å²) in [4.78, 5) is 39.0. The van der Waals surface area contributed by atoms with E-state index in [4.69, 9.17) is 5.11 Å². The number of amides is 2. The minimum Gasteiger partial charge on any atom is -0.478 e. The number of carboxylic acid groups (broad SMARTS) is 1. The van der Waals surface area contributed by atoms with Crippen LogP contribution in [0.15, 0.2) is 18.3 Å². The lowest BCUT2D eigenvalue weighted by atomic mass is 10.3. The Hall–Kier alpha value is -2.24. The van der Waals surface area contributed by atoms with Crippen LogP contribution in [0.4, 0.5) is 5.82 Å². The monoisotopic (exact) mass is 232 g/mol. The lowest BCUT2D eigenvalue weighted by molar-refractivity contribution is -0.123. The van der Waals surface area contributed by atoms with E-state index in [0.717, 1.165) is 11.1 Å². The number of carbonyl (C=O) groups excluding carboxylic acids is 2. The molecule has 1 aliphatic heterocycles. The number of fused-ring (bicyclic) bond motifs is 1. The number of carboxylic acids is 1. The fraction of sp³-hybridized carbons (Fsp3) is 0.273. The SMILES string of the molecule is O=C(O)c1ccc(N2C(=O)C3CC3C2=O)nc1. The molecule has 0 radical (unpaired) electrons. The van der Waals surface area contributed by atoms with E-state index >= 15 is 0 Å². The highest BCUT2D eigenvalue weighted by atomic mass is 16.4. The Balaban J connectivity index is 1.92. The number of hydrogen-bond donors (Lipinski definition) is 1. The Kier molecular flexibility index (Phi) is 1.83. The molecule has 0 spiro atoms. The first-order valence-corrected chi connectivity index (χ1v) is 5.17. The Bertz CT molecular complexity index is 517. The number of aromatic nitrogens is 1. The summed E-state index contributed by atoms with van der Waals surface area (Å²) in [5.74, 6) is -1.69. The molecule has 1 saturated heterocycles. The molecule has 2 fully saturated rings. The Morgan fingerprint density at radius 3 is 2.41 bits per heavy atom. The Morgan fingerprint density at radius 2 is 1.94 bits per heavy atom. The molecule has 2 atom stereocenters. The number of nitrogens with zero attached hydrogens (tertiary/aromatic N) is 2. The molecule has 3 rings (SSSR count). The molecule has 0 aromatic carbocycles. The highest BCUT2D eigenvalue weighted by Crippen LogP contribution is 2.47. The van der Waals surface area contributed by atoms with E-state index in [9.17, 15) is 14.4 Å². The third-order valence-electron chi connectivity index (χ3n) is 3.09. The molecule has 2 amide bonds. The highest BCUT2D eigenvalue weighted by molar-refractivity contribution is 6.24. The fourth-order valence-electron chi connectivity index (χ4n) is 2.05. The predicted octanol–water partition coefficient (Wildman–Crippen LogP) is 0.289. The summed E-state index contributed by atoms with van der Waals surface area (Å²) in [5.41, 5.74) is 0.0259. The van der Waals surface area contributed by atoms with Crippen molar-refractivity contribution < 1.29 is 19.5 Å². The number of piperidine rings is 1. The molecular formula is C11H8N2O4. The topological polar surface area (TPSA) is 87.6 Å². The Labute approximate surface area is 95.9 Å². The maximum Gasteiger partial charge on any atom is 0.337 e. The Morgan fingerprint density at radius 1 is 1.29 bits per heavy atom. The fourth-order valence-corrected chi connectivity index (χ4v) is 2.05. The van der Waals surface area contributed by atoms with Crippen molar-refractivity contribution in [2.24, 2.45) is 11.8 Å². The minimum absolute atomic E-state index is 0.0259. The molecule has 2 aliphatic rings. The van der Waals surface area contributed by atoms with Crippen LogP contribution in [-0.4, -0.2) is 27.9 Å². The van der Waals surface area contributed by atoms with Gasteiger partial charge < -0.3 is 5.11 Å². The van der Waals surface area contributed by atoms with Gasteiger partial charge in [-0.25, -0.2) is 14.7 Å². The number of aromatic carboxylic acids is 1. The smallest absolute Gasteiger partial charge is 0.337 e. The van der Waals surface area contributed by atoms with Crippen LogP contribution in [-0.2, 0) is 9.59 Å². The zero-order chi connectivity index (χ0) is 12.2. The lowest BCUT2D eigenvalue weighted by Crippen LogP contribution is -2.33. The molecule has 2 unspecified atom stereocenters. The van der Waals surface area contributed by atoms with Crippen molar-refractivity contribution in [3.05, 3.63) is 23.9 Å². The van der Waals surface area contributed by atoms with Gasteiger partial charge in [0.2, 0.25) is 11.8 Å². The average Bonchev–Trinajstić information content (AvgIpc) is 3.05. The van der Waals surface area contributed by atoms with Crippen molar-refractivity contribution in [2.75, 3.05) is 4.90 Å². The maximum absolute atomic E-state index is 11.7.